The Bertz CT molecular complexity index is 1590. The van der Waals surface area contributed by atoms with Gasteiger partial charge in [-0.05, 0) is 71.7 Å². The van der Waals surface area contributed by atoms with Crippen molar-refractivity contribution in [1.82, 2.24) is 15.2 Å². The fraction of sp³-hybridized carbons (Fsp3) is 0.241. The van der Waals surface area contributed by atoms with Gasteiger partial charge in [0.05, 0.1) is 11.7 Å². The van der Waals surface area contributed by atoms with Gasteiger partial charge < -0.3 is 15.0 Å². The molecule has 0 radical (unpaired) electrons. The SMILES string of the molecule is CN=C(c1nn(C)c2cc(/C=N/NC(=S)Nc3ccccc3C(C)C)ccc12)N(C)c1ccc(OC(F)(F)F)cc1. The number of thiocarbonyl (C=S) groups is 1. The summed E-state index contributed by atoms with van der Waals surface area (Å²) in [5.41, 5.74) is 7.87. The van der Waals surface area contributed by atoms with Crippen molar-refractivity contribution in [2.45, 2.75) is 26.1 Å². The van der Waals surface area contributed by atoms with Gasteiger partial charge in [-0.25, -0.2) is 0 Å². The summed E-state index contributed by atoms with van der Waals surface area (Å²) < 4.78 is 43.3. The van der Waals surface area contributed by atoms with E-state index in [1.165, 1.54) is 24.3 Å². The summed E-state index contributed by atoms with van der Waals surface area (Å²) in [4.78, 5) is 6.17. The van der Waals surface area contributed by atoms with Gasteiger partial charge in [0, 0.05) is 37.9 Å². The van der Waals surface area contributed by atoms with Crippen LogP contribution in [0.1, 0.15) is 36.6 Å². The Balaban J connectivity index is 1.49. The molecule has 0 amide bonds. The standard InChI is InChI=1S/C29H30F3N7OS/c1-18(2)22-8-6-7-9-24(22)35-28(41)36-34-17-19-10-15-23-25(16-19)39(5)37-26(23)27(33-3)38(4)20-11-13-21(14-12-20)40-29(30,31)32/h6-18H,1-5H3,(H2,35,36,41)/b33-27?,34-17+. The third-order valence-corrected chi connectivity index (χ3v) is 6.48. The monoisotopic (exact) mass is 581 g/mol. The van der Waals surface area contributed by atoms with Gasteiger partial charge in [-0.2, -0.15) is 10.2 Å². The Hall–Kier alpha value is -4.45. The predicted molar refractivity (Wildman–Crippen MR) is 162 cm³/mol. The van der Waals surface area contributed by atoms with E-state index < -0.39 is 6.36 Å². The van der Waals surface area contributed by atoms with E-state index in [9.17, 15) is 13.2 Å². The number of aromatic nitrogens is 2. The van der Waals surface area contributed by atoms with Crippen LogP contribution in [-0.4, -0.2) is 47.4 Å². The van der Waals surface area contributed by atoms with Crippen LogP contribution in [0.4, 0.5) is 24.5 Å². The van der Waals surface area contributed by atoms with Crippen molar-refractivity contribution in [2.24, 2.45) is 17.1 Å². The number of alkyl halides is 3. The maximum Gasteiger partial charge on any atom is 0.573 e. The largest absolute Gasteiger partial charge is 0.573 e. The summed E-state index contributed by atoms with van der Waals surface area (Å²) in [6, 6.07) is 19.3. The lowest BCUT2D eigenvalue weighted by atomic mass is 10.0. The van der Waals surface area contributed by atoms with E-state index in [1.54, 1.807) is 29.9 Å². The Morgan fingerprint density at radius 3 is 2.46 bits per heavy atom. The number of para-hydroxylation sites is 1. The van der Waals surface area contributed by atoms with Gasteiger partial charge in [0.1, 0.15) is 11.4 Å². The first kappa shape index (κ1) is 29.5. The Kier molecular flexibility index (Phi) is 8.92. The van der Waals surface area contributed by atoms with Crippen LogP contribution >= 0.6 is 12.2 Å². The second-order valence-electron chi connectivity index (χ2n) is 9.46. The number of hydrazone groups is 1. The van der Waals surface area contributed by atoms with Crippen molar-refractivity contribution >= 4 is 51.7 Å². The van der Waals surface area contributed by atoms with Crippen LogP contribution in [0.5, 0.6) is 5.75 Å². The molecule has 0 unspecified atom stereocenters. The Labute approximate surface area is 241 Å². The van der Waals surface area contributed by atoms with Gasteiger partial charge in [-0.15, -0.1) is 13.2 Å². The third-order valence-electron chi connectivity index (χ3n) is 6.29. The summed E-state index contributed by atoms with van der Waals surface area (Å²) in [5.74, 6) is 0.590. The van der Waals surface area contributed by atoms with Crippen molar-refractivity contribution in [1.29, 1.82) is 0 Å². The molecule has 1 heterocycles. The first-order valence-corrected chi connectivity index (χ1v) is 13.1. The molecule has 1 aromatic heterocycles. The lowest BCUT2D eigenvalue weighted by molar-refractivity contribution is -0.274. The lowest BCUT2D eigenvalue weighted by Crippen LogP contribution is -2.28. The molecule has 0 aliphatic rings. The van der Waals surface area contributed by atoms with Crippen molar-refractivity contribution in [3.05, 3.63) is 83.6 Å². The molecule has 0 atom stereocenters. The molecule has 0 fully saturated rings. The van der Waals surface area contributed by atoms with E-state index in [-0.39, 0.29) is 5.75 Å². The second kappa shape index (κ2) is 12.4. The second-order valence-corrected chi connectivity index (χ2v) is 9.87. The molecular formula is C29H30F3N7OS. The molecule has 0 saturated heterocycles. The number of fused-ring (bicyclic) bond motifs is 1. The number of aryl methyl sites for hydroxylation is 1. The highest BCUT2D eigenvalue weighted by molar-refractivity contribution is 7.80. The van der Waals surface area contributed by atoms with E-state index in [4.69, 9.17) is 12.2 Å². The molecule has 12 heteroatoms. The fourth-order valence-electron chi connectivity index (χ4n) is 4.36. The van der Waals surface area contributed by atoms with Gasteiger partial charge in [0.15, 0.2) is 10.9 Å². The van der Waals surface area contributed by atoms with Crippen LogP contribution in [0, 0.1) is 0 Å². The zero-order valence-electron chi connectivity index (χ0n) is 23.2. The van der Waals surface area contributed by atoms with Crippen LogP contribution in [-0.2, 0) is 7.05 Å². The topological polar surface area (TPSA) is 79.1 Å². The first-order valence-electron chi connectivity index (χ1n) is 12.7. The summed E-state index contributed by atoms with van der Waals surface area (Å²) in [6.07, 6.45) is -3.08. The number of benzene rings is 3. The number of hydrogen-bond donors (Lipinski definition) is 2. The molecule has 8 nitrogen and oxygen atoms in total. The number of nitrogens with one attached hydrogen (secondary N) is 2. The average molecular weight is 582 g/mol. The maximum atomic E-state index is 12.5. The average Bonchev–Trinajstić information content (AvgIpc) is 3.24. The zero-order chi connectivity index (χ0) is 29.7. The molecule has 0 spiro atoms. The van der Waals surface area contributed by atoms with Crippen LogP contribution in [0.25, 0.3) is 10.9 Å². The third kappa shape index (κ3) is 7.20. The minimum absolute atomic E-state index is 0.298. The number of nitrogens with zero attached hydrogens (tertiary/aromatic N) is 5. The molecule has 214 valence electrons. The van der Waals surface area contributed by atoms with E-state index in [2.05, 4.69) is 50.6 Å². The smallest absolute Gasteiger partial charge is 0.406 e. The van der Waals surface area contributed by atoms with E-state index in [0.29, 0.717) is 28.2 Å². The van der Waals surface area contributed by atoms with Crippen LogP contribution in [0.2, 0.25) is 0 Å². The Morgan fingerprint density at radius 1 is 1.10 bits per heavy atom. The lowest BCUT2D eigenvalue weighted by Gasteiger charge is -2.20. The number of halogens is 3. The number of amidine groups is 1. The summed E-state index contributed by atoms with van der Waals surface area (Å²) in [7, 11) is 5.23. The highest BCUT2D eigenvalue weighted by atomic mass is 32.1. The van der Waals surface area contributed by atoms with E-state index in [1.807, 2.05) is 43.4 Å². The number of ether oxygens (including phenoxy) is 1. The fourth-order valence-corrected chi connectivity index (χ4v) is 4.52. The van der Waals surface area contributed by atoms with Crippen LogP contribution in [0.15, 0.2) is 76.8 Å². The molecule has 0 aliphatic carbocycles. The summed E-state index contributed by atoms with van der Waals surface area (Å²) >= 11 is 5.41. The van der Waals surface area contributed by atoms with Gasteiger partial charge in [-0.1, -0.05) is 38.1 Å². The molecule has 4 aromatic rings. The molecule has 0 saturated carbocycles. The maximum absolute atomic E-state index is 12.5. The van der Waals surface area contributed by atoms with Gasteiger partial charge in [0.25, 0.3) is 0 Å². The summed E-state index contributed by atoms with van der Waals surface area (Å²) in [5, 5.41) is 13.4. The van der Waals surface area contributed by atoms with Gasteiger partial charge in [-0.3, -0.25) is 15.1 Å². The van der Waals surface area contributed by atoms with Crippen molar-refractivity contribution in [2.75, 3.05) is 24.3 Å². The molecule has 0 aliphatic heterocycles. The van der Waals surface area contributed by atoms with E-state index in [0.717, 1.165) is 27.7 Å². The summed E-state index contributed by atoms with van der Waals surface area (Å²) in [6.45, 7) is 4.24. The molecule has 4 rings (SSSR count). The molecule has 2 N–H and O–H groups in total. The van der Waals surface area contributed by atoms with E-state index >= 15 is 0 Å². The van der Waals surface area contributed by atoms with Crippen molar-refractivity contribution < 1.29 is 17.9 Å². The first-order chi connectivity index (χ1) is 19.5. The van der Waals surface area contributed by atoms with Crippen molar-refractivity contribution in [3.8, 4) is 5.75 Å². The molecular weight excluding hydrogens is 551 g/mol. The highest BCUT2D eigenvalue weighted by Gasteiger charge is 2.31. The molecule has 41 heavy (non-hydrogen) atoms. The van der Waals surface area contributed by atoms with Gasteiger partial charge >= 0.3 is 6.36 Å². The van der Waals surface area contributed by atoms with Crippen molar-refractivity contribution in [3.63, 3.8) is 0 Å². The molecule has 3 aromatic carbocycles. The minimum atomic E-state index is -4.75. The quantitative estimate of drug-likeness (QED) is 0.113. The number of rotatable bonds is 7. The highest BCUT2D eigenvalue weighted by Crippen LogP contribution is 2.27. The number of aliphatic imine (C=N–C) groups is 1. The van der Waals surface area contributed by atoms with Crippen LogP contribution < -0.4 is 20.4 Å². The zero-order valence-corrected chi connectivity index (χ0v) is 24.0. The Morgan fingerprint density at radius 2 is 1.80 bits per heavy atom. The predicted octanol–water partition coefficient (Wildman–Crippen LogP) is 6.43. The minimum Gasteiger partial charge on any atom is -0.406 e. The van der Waals surface area contributed by atoms with Gasteiger partial charge in [0.2, 0.25) is 0 Å². The van der Waals surface area contributed by atoms with Crippen LogP contribution in [0.3, 0.4) is 0 Å². The normalized spacial score (nSPS) is 12.3. The number of anilines is 2. The number of hydrogen-bond acceptors (Lipinski definition) is 5. The molecule has 0 bridgehead atoms.